The molecule has 3 saturated heterocycles. The first kappa shape index (κ1) is 23.0. The summed E-state index contributed by atoms with van der Waals surface area (Å²) in [7, 11) is 1.67. The van der Waals surface area contributed by atoms with Crippen molar-refractivity contribution in [2.45, 2.75) is 38.3 Å². The molecule has 0 aliphatic carbocycles. The maximum atomic E-state index is 13.6. The van der Waals surface area contributed by atoms with Gasteiger partial charge in [0.2, 0.25) is 0 Å². The summed E-state index contributed by atoms with van der Waals surface area (Å²) in [6, 6.07) is 22.0. The Morgan fingerprint density at radius 1 is 1.08 bits per heavy atom. The Morgan fingerprint density at radius 2 is 1.94 bits per heavy atom. The molecule has 3 aliphatic rings. The lowest BCUT2D eigenvalue weighted by atomic mass is 9.72. The number of hydrogen-bond acceptors (Lipinski definition) is 5. The van der Waals surface area contributed by atoms with Crippen molar-refractivity contribution in [2.75, 3.05) is 20.2 Å². The normalized spacial score (nSPS) is 24.1. The minimum atomic E-state index is -0.387. The zero-order chi connectivity index (χ0) is 24.6. The van der Waals surface area contributed by atoms with Crippen LogP contribution in [0.4, 0.5) is 0 Å². The van der Waals surface area contributed by atoms with Crippen LogP contribution in [-0.4, -0.2) is 42.1 Å². The van der Waals surface area contributed by atoms with E-state index in [-0.39, 0.29) is 18.1 Å². The van der Waals surface area contributed by atoms with Crippen molar-refractivity contribution in [1.82, 2.24) is 9.88 Å². The van der Waals surface area contributed by atoms with Crippen molar-refractivity contribution in [3.63, 3.8) is 0 Å². The average Bonchev–Trinajstić information content (AvgIpc) is 2.95. The minimum absolute atomic E-state index is 0.146. The van der Waals surface area contributed by atoms with Crippen molar-refractivity contribution in [2.24, 2.45) is 11.8 Å². The first-order chi connectivity index (χ1) is 17.6. The number of pyridine rings is 1. The predicted octanol–water partition coefficient (Wildman–Crippen LogP) is 6.42. The number of esters is 1. The van der Waals surface area contributed by atoms with Gasteiger partial charge in [-0.05, 0) is 78.4 Å². The molecule has 0 radical (unpaired) electrons. The quantitative estimate of drug-likeness (QED) is 0.298. The van der Waals surface area contributed by atoms with E-state index in [1.165, 1.54) is 12.8 Å². The number of rotatable bonds is 6. The average molecular weight is 481 g/mol. The minimum Gasteiger partial charge on any atom is -0.497 e. The number of aromatic nitrogens is 1. The molecule has 3 aliphatic heterocycles. The van der Waals surface area contributed by atoms with Gasteiger partial charge in [-0.2, -0.15) is 0 Å². The second-order valence-corrected chi connectivity index (χ2v) is 10.2. The lowest BCUT2D eigenvalue weighted by Crippen LogP contribution is -2.55. The molecule has 4 aromatic rings. The van der Waals surface area contributed by atoms with E-state index in [1.807, 2.05) is 66.9 Å². The van der Waals surface area contributed by atoms with Gasteiger partial charge in [0.1, 0.15) is 11.9 Å². The Hall–Kier alpha value is -3.44. The first-order valence-corrected chi connectivity index (χ1v) is 13.0. The van der Waals surface area contributed by atoms with E-state index >= 15 is 0 Å². The van der Waals surface area contributed by atoms with Crippen molar-refractivity contribution in [3.8, 4) is 5.75 Å². The summed E-state index contributed by atoms with van der Waals surface area (Å²) in [5.41, 5.74) is 2.46. The third-order valence-electron chi connectivity index (χ3n) is 8.32. The lowest BCUT2D eigenvalue weighted by molar-refractivity contribution is -0.0659. The van der Waals surface area contributed by atoms with E-state index in [2.05, 4.69) is 22.9 Å². The van der Waals surface area contributed by atoms with E-state index in [9.17, 15) is 4.79 Å². The van der Waals surface area contributed by atoms with Crippen LogP contribution in [-0.2, 0) is 4.74 Å². The monoisotopic (exact) mass is 480 g/mol. The lowest BCUT2D eigenvalue weighted by Gasteiger charge is -2.51. The molecule has 0 N–H and O–H groups in total. The number of nitrogens with zero attached hydrogens (tertiary/aromatic N) is 2. The molecule has 3 aromatic carbocycles. The number of hydrogen-bond donors (Lipinski definition) is 0. The van der Waals surface area contributed by atoms with E-state index in [0.717, 1.165) is 58.4 Å². The molecule has 1 unspecified atom stereocenters. The van der Waals surface area contributed by atoms with Crippen LogP contribution < -0.4 is 4.74 Å². The molecule has 5 heteroatoms. The number of carbonyl (C=O) groups is 1. The summed E-state index contributed by atoms with van der Waals surface area (Å²) < 4.78 is 12.0. The summed E-state index contributed by atoms with van der Waals surface area (Å²) >= 11 is 0. The van der Waals surface area contributed by atoms with Crippen LogP contribution in [0.15, 0.2) is 72.9 Å². The smallest absolute Gasteiger partial charge is 0.338 e. The highest BCUT2D eigenvalue weighted by Gasteiger charge is 2.44. The highest BCUT2D eigenvalue weighted by atomic mass is 16.5. The van der Waals surface area contributed by atoms with Gasteiger partial charge in [-0.1, -0.05) is 43.7 Å². The van der Waals surface area contributed by atoms with Gasteiger partial charge in [0, 0.05) is 23.7 Å². The van der Waals surface area contributed by atoms with Gasteiger partial charge in [0.05, 0.1) is 24.2 Å². The zero-order valence-corrected chi connectivity index (χ0v) is 20.9. The van der Waals surface area contributed by atoms with Crippen LogP contribution in [0, 0.1) is 11.8 Å². The maximum absolute atomic E-state index is 13.6. The van der Waals surface area contributed by atoms with Crippen molar-refractivity contribution < 1.29 is 14.3 Å². The molecule has 0 spiro atoms. The highest BCUT2D eigenvalue weighted by Crippen LogP contribution is 2.44. The van der Waals surface area contributed by atoms with Crippen LogP contribution >= 0.6 is 0 Å². The molecule has 2 bridgehead atoms. The van der Waals surface area contributed by atoms with Crippen molar-refractivity contribution >= 4 is 27.6 Å². The summed E-state index contributed by atoms with van der Waals surface area (Å²) in [5, 5.41) is 3.12. The van der Waals surface area contributed by atoms with Gasteiger partial charge in [-0.3, -0.25) is 9.88 Å². The fourth-order valence-electron chi connectivity index (χ4n) is 6.33. The van der Waals surface area contributed by atoms with Gasteiger partial charge in [-0.15, -0.1) is 0 Å². The molecule has 7 rings (SSSR count). The molecule has 0 saturated carbocycles. The Labute approximate surface area is 212 Å². The Bertz CT molecular complexity index is 1420. The number of fused-ring (bicyclic) bond motifs is 5. The van der Waals surface area contributed by atoms with Gasteiger partial charge in [-0.25, -0.2) is 4.79 Å². The molecular formula is C31H32N2O3. The Morgan fingerprint density at radius 3 is 2.72 bits per heavy atom. The first-order valence-electron chi connectivity index (χ1n) is 13.0. The van der Waals surface area contributed by atoms with Gasteiger partial charge >= 0.3 is 5.97 Å². The standard InChI is InChI=1S/C31H32N2O3/c1-3-20-19-33-15-13-23(20)17-29(33)30(26-12-14-32-28-11-10-25(35-2)18-27(26)28)36-31(34)24-9-8-21-6-4-5-7-22(21)16-24/h4-12,14,16,18,20,23,29-30H,3,13,15,17,19H2,1-2H3/t20-,23-,29+,30-/m0/s1. The second-order valence-electron chi connectivity index (χ2n) is 10.2. The number of carbonyl (C=O) groups excluding carboxylic acids is 1. The number of methoxy groups -OCH3 is 1. The second kappa shape index (κ2) is 9.55. The van der Waals surface area contributed by atoms with Crippen molar-refractivity contribution in [1.29, 1.82) is 0 Å². The molecular weight excluding hydrogens is 448 g/mol. The SMILES string of the molecule is CC[C@H]1CN2CC[C@H]1C[C@@H]2[C@@H](OC(=O)c1ccc2ccccc2c1)c1ccnc2ccc(OC)cc12. The third-order valence-corrected chi connectivity index (χ3v) is 8.32. The molecule has 4 heterocycles. The summed E-state index contributed by atoms with van der Waals surface area (Å²) in [6.45, 7) is 4.42. The molecule has 0 amide bonds. The van der Waals surface area contributed by atoms with Gasteiger partial charge < -0.3 is 9.47 Å². The van der Waals surface area contributed by atoms with E-state index in [4.69, 9.17) is 9.47 Å². The van der Waals surface area contributed by atoms with E-state index in [1.54, 1.807) is 7.11 Å². The molecule has 3 fully saturated rings. The molecule has 1 aromatic heterocycles. The third kappa shape index (κ3) is 4.11. The molecule has 184 valence electrons. The zero-order valence-electron chi connectivity index (χ0n) is 20.9. The molecule has 5 atom stereocenters. The van der Waals surface area contributed by atoms with Crippen LogP contribution in [0.5, 0.6) is 5.75 Å². The fraction of sp³-hybridized carbons (Fsp3) is 0.355. The number of benzene rings is 3. The molecule has 36 heavy (non-hydrogen) atoms. The summed E-state index contributed by atoms with van der Waals surface area (Å²) in [6.07, 6.45) is 4.91. The highest BCUT2D eigenvalue weighted by molar-refractivity contribution is 5.95. The number of ether oxygens (including phenoxy) is 2. The summed E-state index contributed by atoms with van der Waals surface area (Å²) in [5.74, 6) is 1.89. The van der Waals surface area contributed by atoms with Gasteiger partial charge in [0.25, 0.3) is 0 Å². The van der Waals surface area contributed by atoms with Crippen LogP contribution in [0.25, 0.3) is 21.7 Å². The summed E-state index contributed by atoms with van der Waals surface area (Å²) in [4.78, 5) is 20.8. The Kier molecular flexibility index (Phi) is 6.10. The Balaban J connectivity index is 1.41. The number of piperidine rings is 3. The molecule has 5 nitrogen and oxygen atoms in total. The van der Waals surface area contributed by atoms with Crippen LogP contribution in [0.1, 0.15) is 48.2 Å². The van der Waals surface area contributed by atoms with Crippen LogP contribution in [0.3, 0.4) is 0 Å². The fourth-order valence-corrected chi connectivity index (χ4v) is 6.33. The van der Waals surface area contributed by atoms with Crippen molar-refractivity contribution in [3.05, 3.63) is 84.1 Å². The largest absolute Gasteiger partial charge is 0.497 e. The van der Waals surface area contributed by atoms with E-state index in [0.29, 0.717) is 11.5 Å². The maximum Gasteiger partial charge on any atom is 0.338 e. The predicted molar refractivity (Wildman–Crippen MR) is 142 cm³/mol. The topological polar surface area (TPSA) is 51.7 Å². The van der Waals surface area contributed by atoms with E-state index < -0.39 is 0 Å². The van der Waals surface area contributed by atoms with Crippen LogP contribution in [0.2, 0.25) is 0 Å². The van der Waals surface area contributed by atoms with Gasteiger partial charge in [0.15, 0.2) is 0 Å².